The Balaban J connectivity index is 2.17. The van der Waals surface area contributed by atoms with Crippen LogP contribution in [0.1, 0.15) is 19.8 Å². The molecule has 0 radical (unpaired) electrons. The highest BCUT2D eigenvalue weighted by atomic mass is 16.2. The quantitative estimate of drug-likeness (QED) is 0.706. The van der Waals surface area contributed by atoms with Crippen LogP contribution in [0, 0.1) is 0 Å². The van der Waals surface area contributed by atoms with Crippen molar-refractivity contribution in [3.8, 4) is 0 Å². The second-order valence-corrected chi connectivity index (χ2v) is 4.34. The third-order valence-electron chi connectivity index (χ3n) is 3.06. The summed E-state index contributed by atoms with van der Waals surface area (Å²) in [5.41, 5.74) is 0. The first kappa shape index (κ1) is 12.5. The van der Waals surface area contributed by atoms with E-state index in [0.717, 1.165) is 13.1 Å². The van der Waals surface area contributed by atoms with E-state index in [0.29, 0.717) is 12.6 Å². The number of hydrogen-bond donors (Lipinski definition) is 1. The highest BCUT2D eigenvalue weighted by Crippen LogP contribution is 2.15. The minimum Gasteiger partial charge on any atom is -0.348 e. The van der Waals surface area contributed by atoms with Crippen molar-refractivity contribution >= 4 is 5.91 Å². The van der Waals surface area contributed by atoms with Crippen LogP contribution in [-0.4, -0.2) is 62.0 Å². The Morgan fingerprint density at radius 3 is 2.87 bits per heavy atom. The smallest absolute Gasteiger partial charge is 0.236 e. The van der Waals surface area contributed by atoms with Crippen LogP contribution in [-0.2, 0) is 4.79 Å². The number of nitrogens with zero attached hydrogens (tertiary/aromatic N) is 2. The highest BCUT2D eigenvalue weighted by Gasteiger charge is 2.22. The molecule has 1 atom stereocenters. The van der Waals surface area contributed by atoms with Gasteiger partial charge in [0, 0.05) is 26.7 Å². The van der Waals surface area contributed by atoms with Gasteiger partial charge in [0.25, 0.3) is 0 Å². The van der Waals surface area contributed by atoms with Gasteiger partial charge in [-0.2, -0.15) is 0 Å². The molecule has 88 valence electrons. The van der Waals surface area contributed by atoms with Crippen molar-refractivity contribution in [1.29, 1.82) is 0 Å². The Morgan fingerprint density at radius 2 is 2.27 bits per heavy atom. The second-order valence-electron chi connectivity index (χ2n) is 4.34. The van der Waals surface area contributed by atoms with Gasteiger partial charge in [-0.1, -0.05) is 6.92 Å². The molecule has 0 aromatic heterocycles. The summed E-state index contributed by atoms with van der Waals surface area (Å²) in [4.78, 5) is 15.4. The summed E-state index contributed by atoms with van der Waals surface area (Å²) in [7, 11) is 3.58. The first-order valence-electron chi connectivity index (χ1n) is 5.80. The van der Waals surface area contributed by atoms with Gasteiger partial charge in [0.15, 0.2) is 0 Å². The van der Waals surface area contributed by atoms with Gasteiger partial charge in [-0.05, 0) is 25.9 Å². The molecular formula is C11H23N3O. The Bertz CT molecular complexity index is 206. The van der Waals surface area contributed by atoms with Crippen molar-refractivity contribution in [3.63, 3.8) is 0 Å². The second kappa shape index (κ2) is 6.08. The van der Waals surface area contributed by atoms with Crippen molar-refractivity contribution in [2.45, 2.75) is 25.8 Å². The predicted octanol–water partition coefficient (Wildman–Crippen LogP) is 0.149. The molecule has 1 rings (SSSR count). The lowest BCUT2D eigenvalue weighted by Crippen LogP contribution is -2.41. The third kappa shape index (κ3) is 3.80. The molecule has 1 fully saturated rings. The van der Waals surface area contributed by atoms with E-state index in [2.05, 4.69) is 17.1 Å². The van der Waals surface area contributed by atoms with Crippen LogP contribution in [0.4, 0.5) is 0 Å². The molecule has 0 aliphatic carbocycles. The van der Waals surface area contributed by atoms with Gasteiger partial charge in [0.1, 0.15) is 0 Å². The number of carbonyl (C=O) groups is 1. The summed E-state index contributed by atoms with van der Waals surface area (Å²) in [5.74, 6) is 0.149. The average Bonchev–Trinajstić information content (AvgIpc) is 2.65. The molecule has 1 saturated heterocycles. The van der Waals surface area contributed by atoms with Crippen LogP contribution in [0.2, 0.25) is 0 Å². The molecule has 0 spiro atoms. The van der Waals surface area contributed by atoms with Crippen molar-refractivity contribution in [1.82, 2.24) is 15.1 Å². The third-order valence-corrected chi connectivity index (χ3v) is 3.06. The van der Waals surface area contributed by atoms with E-state index in [1.165, 1.54) is 19.4 Å². The zero-order valence-electron chi connectivity index (χ0n) is 10.1. The molecule has 0 aromatic carbocycles. The van der Waals surface area contributed by atoms with Gasteiger partial charge in [-0.3, -0.25) is 9.69 Å². The molecule has 0 aromatic rings. The number of likely N-dealkylation sites (tertiary alicyclic amines) is 1. The van der Waals surface area contributed by atoms with Gasteiger partial charge in [0.05, 0.1) is 6.54 Å². The van der Waals surface area contributed by atoms with Gasteiger partial charge in [-0.25, -0.2) is 0 Å². The summed E-state index contributed by atoms with van der Waals surface area (Å²) in [6.07, 6.45) is 2.55. The van der Waals surface area contributed by atoms with Gasteiger partial charge >= 0.3 is 0 Å². The van der Waals surface area contributed by atoms with Crippen LogP contribution in [0.5, 0.6) is 0 Å². The summed E-state index contributed by atoms with van der Waals surface area (Å²) < 4.78 is 0. The van der Waals surface area contributed by atoms with E-state index in [9.17, 15) is 4.79 Å². The molecule has 4 heteroatoms. The van der Waals surface area contributed by atoms with Gasteiger partial charge in [-0.15, -0.1) is 0 Å². The maximum absolute atomic E-state index is 11.3. The number of amides is 1. The van der Waals surface area contributed by atoms with Crippen LogP contribution >= 0.6 is 0 Å². The lowest BCUT2D eigenvalue weighted by Gasteiger charge is -2.23. The fourth-order valence-corrected chi connectivity index (χ4v) is 2.05. The zero-order chi connectivity index (χ0) is 11.3. The van der Waals surface area contributed by atoms with Crippen LogP contribution < -0.4 is 5.32 Å². The maximum atomic E-state index is 11.3. The molecule has 1 aliphatic heterocycles. The largest absolute Gasteiger partial charge is 0.348 e. The Labute approximate surface area is 92.6 Å². The molecule has 1 heterocycles. The van der Waals surface area contributed by atoms with E-state index in [1.807, 2.05) is 0 Å². The zero-order valence-corrected chi connectivity index (χ0v) is 10.1. The number of hydrogen-bond acceptors (Lipinski definition) is 3. The molecule has 1 N–H and O–H groups in total. The molecule has 15 heavy (non-hydrogen) atoms. The first-order valence-corrected chi connectivity index (χ1v) is 5.80. The molecular weight excluding hydrogens is 190 g/mol. The summed E-state index contributed by atoms with van der Waals surface area (Å²) in [6.45, 7) is 5.93. The minimum absolute atomic E-state index is 0.149. The van der Waals surface area contributed by atoms with E-state index < -0.39 is 0 Å². The lowest BCUT2D eigenvalue weighted by molar-refractivity contribution is -0.127. The summed E-state index contributed by atoms with van der Waals surface area (Å²) in [5, 5.41) is 3.24. The van der Waals surface area contributed by atoms with Crippen molar-refractivity contribution in [2.75, 3.05) is 40.3 Å². The summed E-state index contributed by atoms with van der Waals surface area (Å²) >= 11 is 0. The van der Waals surface area contributed by atoms with Crippen LogP contribution in [0.15, 0.2) is 0 Å². The Morgan fingerprint density at radius 1 is 1.53 bits per heavy atom. The fourth-order valence-electron chi connectivity index (χ4n) is 2.05. The Kier molecular flexibility index (Phi) is 5.05. The van der Waals surface area contributed by atoms with Crippen LogP contribution in [0.25, 0.3) is 0 Å². The van der Waals surface area contributed by atoms with E-state index in [4.69, 9.17) is 0 Å². The van der Waals surface area contributed by atoms with E-state index in [1.54, 1.807) is 19.0 Å². The molecule has 4 nitrogen and oxygen atoms in total. The minimum atomic E-state index is 0.149. The topological polar surface area (TPSA) is 35.6 Å². The van der Waals surface area contributed by atoms with Crippen molar-refractivity contribution in [3.05, 3.63) is 0 Å². The SMILES string of the molecule is CCN1CCCC1CNCC(=O)N(C)C. The van der Waals surface area contributed by atoms with E-state index in [-0.39, 0.29) is 5.91 Å². The monoisotopic (exact) mass is 213 g/mol. The maximum Gasteiger partial charge on any atom is 0.236 e. The molecule has 0 saturated carbocycles. The first-order chi connectivity index (χ1) is 7.15. The molecule has 1 aliphatic rings. The molecule has 1 unspecified atom stereocenters. The average molecular weight is 213 g/mol. The van der Waals surface area contributed by atoms with Gasteiger partial charge in [0.2, 0.25) is 5.91 Å². The predicted molar refractivity (Wildman–Crippen MR) is 61.8 cm³/mol. The fraction of sp³-hybridized carbons (Fsp3) is 0.909. The summed E-state index contributed by atoms with van der Waals surface area (Å²) in [6, 6.07) is 0.630. The van der Waals surface area contributed by atoms with Gasteiger partial charge < -0.3 is 10.2 Å². The molecule has 1 amide bonds. The highest BCUT2D eigenvalue weighted by molar-refractivity contribution is 5.77. The number of nitrogens with one attached hydrogen (secondary N) is 1. The lowest BCUT2D eigenvalue weighted by atomic mass is 10.2. The van der Waals surface area contributed by atoms with Crippen molar-refractivity contribution < 1.29 is 4.79 Å². The Hall–Kier alpha value is -0.610. The van der Waals surface area contributed by atoms with E-state index >= 15 is 0 Å². The normalized spacial score (nSPS) is 21.9. The number of carbonyl (C=O) groups excluding carboxylic acids is 1. The van der Waals surface area contributed by atoms with Crippen molar-refractivity contribution in [2.24, 2.45) is 0 Å². The van der Waals surface area contributed by atoms with Crippen LogP contribution in [0.3, 0.4) is 0 Å². The molecule has 0 bridgehead atoms. The standard InChI is InChI=1S/C11H23N3O/c1-4-14-7-5-6-10(14)8-12-9-11(15)13(2)3/h10,12H,4-9H2,1-3H3. The number of likely N-dealkylation sites (N-methyl/N-ethyl adjacent to an activating group) is 2. The number of rotatable bonds is 5.